The highest BCUT2D eigenvalue weighted by atomic mass is 32.1. The van der Waals surface area contributed by atoms with Gasteiger partial charge in [-0.1, -0.05) is 24.3 Å². The van der Waals surface area contributed by atoms with Gasteiger partial charge in [0.1, 0.15) is 0 Å². The quantitative estimate of drug-likeness (QED) is 0.661. The largest absolute Gasteiger partial charge is 0.179 e. The maximum absolute atomic E-state index is 4.29. The summed E-state index contributed by atoms with van der Waals surface area (Å²) < 4.78 is 0. The third-order valence-corrected chi connectivity index (χ3v) is 2.99. The van der Waals surface area contributed by atoms with Crippen molar-refractivity contribution in [2.24, 2.45) is 0 Å². The van der Waals surface area contributed by atoms with Crippen molar-refractivity contribution < 1.29 is 0 Å². The molecule has 2 rings (SSSR count). The lowest BCUT2D eigenvalue weighted by Gasteiger charge is -2.08. The summed E-state index contributed by atoms with van der Waals surface area (Å²) in [7, 11) is 0. The van der Waals surface area contributed by atoms with Crippen LogP contribution in [0.5, 0.6) is 0 Å². The Labute approximate surface area is 79.4 Å². The van der Waals surface area contributed by atoms with Crippen LogP contribution >= 0.6 is 12.6 Å². The zero-order valence-electron chi connectivity index (χ0n) is 7.16. The first-order valence-corrected chi connectivity index (χ1v) is 5.23. The van der Waals surface area contributed by atoms with E-state index in [0.29, 0.717) is 0 Å². The molecule has 1 aliphatic carbocycles. The molecule has 12 heavy (non-hydrogen) atoms. The minimum atomic E-state index is 0.790. The van der Waals surface area contributed by atoms with Crippen LogP contribution in [0.4, 0.5) is 0 Å². The van der Waals surface area contributed by atoms with Gasteiger partial charge in [-0.3, -0.25) is 0 Å². The summed E-state index contributed by atoms with van der Waals surface area (Å²) in [5.74, 6) is 1.80. The molecular formula is C11H14S. The van der Waals surface area contributed by atoms with E-state index in [1.807, 2.05) is 0 Å². The summed E-state index contributed by atoms with van der Waals surface area (Å²) in [6.45, 7) is 0. The smallest absolute Gasteiger partial charge is 0.00921 e. The summed E-state index contributed by atoms with van der Waals surface area (Å²) in [5, 5.41) is 0. The number of hydrogen-bond acceptors (Lipinski definition) is 1. The molecule has 64 valence electrons. The molecule has 0 radical (unpaired) electrons. The van der Waals surface area contributed by atoms with Crippen molar-refractivity contribution in [1.82, 2.24) is 0 Å². The lowest BCUT2D eigenvalue weighted by atomic mass is 9.99. The molecule has 0 heterocycles. The van der Waals surface area contributed by atoms with Crippen molar-refractivity contribution in [2.45, 2.75) is 25.2 Å². The normalized spacial score (nSPS) is 20.9. The molecule has 0 spiro atoms. The molecular weight excluding hydrogens is 164 g/mol. The van der Waals surface area contributed by atoms with Crippen LogP contribution < -0.4 is 0 Å². The summed E-state index contributed by atoms with van der Waals surface area (Å²) in [6.07, 6.45) is 3.84. The molecule has 1 heteroatoms. The fourth-order valence-electron chi connectivity index (χ4n) is 2.10. The summed E-state index contributed by atoms with van der Waals surface area (Å²) in [4.78, 5) is 0. The first kappa shape index (κ1) is 8.18. The van der Waals surface area contributed by atoms with Crippen LogP contribution in [0.15, 0.2) is 24.3 Å². The topological polar surface area (TPSA) is 0 Å². The van der Waals surface area contributed by atoms with E-state index in [2.05, 4.69) is 36.9 Å². The predicted octanol–water partition coefficient (Wildman–Crippen LogP) is 3.04. The van der Waals surface area contributed by atoms with Crippen molar-refractivity contribution in [1.29, 1.82) is 0 Å². The molecule has 1 aromatic rings. The van der Waals surface area contributed by atoms with E-state index in [-0.39, 0.29) is 0 Å². The third-order valence-electron chi connectivity index (χ3n) is 2.73. The Balaban J connectivity index is 2.24. The van der Waals surface area contributed by atoms with Crippen molar-refractivity contribution in [3.05, 3.63) is 35.4 Å². The minimum absolute atomic E-state index is 0.790. The van der Waals surface area contributed by atoms with Crippen LogP contribution in [-0.4, -0.2) is 5.75 Å². The zero-order chi connectivity index (χ0) is 8.39. The van der Waals surface area contributed by atoms with Crippen LogP contribution in [0.3, 0.4) is 0 Å². The van der Waals surface area contributed by atoms with E-state index in [9.17, 15) is 0 Å². The maximum Gasteiger partial charge on any atom is -0.00921 e. The Morgan fingerprint density at radius 1 is 1.33 bits per heavy atom. The lowest BCUT2D eigenvalue weighted by Crippen LogP contribution is -1.93. The van der Waals surface area contributed by atoms with Crippen molar-refractivity contribution in [3.63, 3.8) is 0 Å². The predicted molar refractivity (Wildman–Crippen MR) is 56.0 cm³/mol. The van der Waals surface area contributed by atoms with Gasteiger partial charge in [0.25, 0.3) is 0 Å². The second-order valence-electron chi connectivity index (χ2n) is 3.45. The SMILES string of the molecule is SCCC1CCc2ccccc21. The maximum atomic E-state index is 4.29. The lowest BCUT2D eigenvalue weighted by molar-refractivity contribution is 0.662. The standard InChI is InChI=1S/C11H14S/c12-8-7-10-6-5-9-3-1-2-4-11(9)10/h1-4,10,12H,5-8H2. The van der Waals surface area contributed by atoms with Crippen LogP contribution in [0.25, 0.3) is 0 Å². The van der Waals surface area contributed by atoms with Gasteiger partial charge in [0.2, 0.25) is 0 Å². The van der Waals surface area contributed by atoms with Crippen molar-refractivity contribution >= 4 is 12.6 Å². The third kappa shape index (κ3) is 1.38. The van der Waals surface area contributed by atoms with E-state index >= 15 is 0 Å². The van der Waals surface area contributed by atoms with Gasteiger partial charge < -0.3 is 0 Å². The van der Waals surface area contributed by atoms with Gasteiger partial charge in [-0.15, -0.1) is 0 Å². The van der Waals surface area contributed by atoms with E-state index in [1.54, 1.807) is 11.1 Å². The van der Waals surface area contributed by atoms with E-state index in [1.165, 1.54) is 19.3 Å². The van der Waals surface area contributed by atoms with Crippen LogP contribution in [0.2, 0.25) is 0 Å². The highest BCUT2D eigenvalue weighted by molar-refractivity contribution is 7.80. The number of rotatable bonds is 2. The van der Waals surface area contributed by atoms with Crippen LogP contribution in [0, 0.1) is 0 Å². The number of hydrogen-bond donors (Lipinski definition) is 1. The van der Waals surface area contributed by atoms with Gasteiger partial charge in [0.05, 0.1) is 0 Å². The Bertz CT molecular complexity index is 265. The molecule has 1 unspecified atom stereocenters. The molecule has 1 aliphatic rings. The monoisotopic (exact) mass is 178 g/mol. The van der Waals surface area contributed by atoms with E-state index in [4.69, 9.17) is 0 Å². The number of thiol groups is 1. The number of fused-ring (bicyclic) bond motifs is 1. The molecule has 0 N–H and O–H groups in total. The fourth-order valence-corrected chi connectivity index (χ4v) is 2.41. The molecule has 0 amide bonds. The average molecular weight is 178 g/mol. The van der Waals surface area contributed by atoms with Crippen molar-refractivity contribution in [3.8, 4) is 0 Å². The summed E-state index contributed by atoms with van der Waals surface area (Å²) in [5.41, 5.74) is 3.14. The Morgan fingerprint density at radius 3 is 3.00 bits per heavy atom. The van der Waals surface area contributed by atoms with Gasteiger partial charge in [0.15, 0.2) is 0 Å². The average Bonchev–Trinajstić information content (AvgIpc) is 2.50. The summed E-state index contributed by atoms with van der Waals surface area (Å²) in [6, 6.07) is 8.82. The van der Waals surface area contributed by atoms with Gasteiger partial charge in [-0.25, -0.2) is 0 Å². The molecule has 1 aromatic carbocycles. The van der Waals surface area contributed by atoms with Gasteiger partial charge in [0, 0.05) is 0 Å². The minimum Gasteiger partial charge on any atom is -0.179 e. The van der Waals surface area contributed by atoms with E-state index in [0.717, 1.165) is 11.7 Å². The second kappa shape index (κ2) is 3.53. The number of benzene rings is 1. The highest BCUT2D eigenvalue weighted by Gasteiger charge is 2.20. The first-order chi connectivity index (χ1) is 5.92. The molecule has 0 saturated heterocycles. The number of aryl methyl sites for hydroxylation is 1. The molecule has 0 saturated carbocycles. The molecule has 0 nitrogen and oxygen atoms in total. The fraction of sp³-hybridized carbons (Fsp3) is 0.455. The van der Waals surface area contributed by atoms with Gasteiger partial charge in [-0.2, -0.15) is 12.6 Å². The molecule has 0 aliphatic heterocycles. The second-order valence-corrected chi connectivity index (χ2v) is 3.89. The highest BCUT2D eigenvalue weighted by Crippen LogP contribution is 2.35. The first-order valence-electron chi connectivity index (χ1n) is 4.60. The van der Waals surface area contributed by atoms with Crippen molar-refractivity contribution in [2.75, 3.05) is 5.75 Å². The molecule has 0 fully saturated rings. The summed E-state index contributed by atoms with van der Waals surface area (Å²) >= 11 is 4.29. The van der Waals surface area contributed by atoms with Crippen LogP contribution in [0.1, 0.15) is 29.9 Å². The van der Waals surface area contributed by atoms with E-state index < -0.39 is 0 Å². The van der Waals surface area contributed by atoms with Gasteiger partial charge in [-0.05, 0) is 42.1 Å². The Kier molecular flexibility index (Phi) is 2.40. The Morgan fingerprint density at radius 2 is 2.17 bits per heavy atom. The Hall–Kier alpha value is -0.430. The molecule has 0 aromatic heterocycles. The van der Waals surface area contributed by atoms with Gasteiger partial charge >= 0.3 is 0 Å². The van der Waals surface area contributed by atoms with Crippen LogP contribution in [-0.2, 0) is 6.42 Å². The molecule has 0 bridgehead atoms. The molecule has 1 atom stereocenters. The zero-order valence-corrected chi connectivity index (χ0v) is 8.06.